The molecule has 0 bridgehead atoms. The summed E-state index contributed by atoms with van der Waals surface area (Å²) in [7, 11) is -3.09. The second kappa shape index (κ2) is 6.51. The SMILES string of the molecule is CS(=O)(=O)CCC(N)C(=O)NCc1ccc(Cl)s1. The van der Waals surface area contributed by atoms with E-state index < -0.39 is 15.9 Å². The van der Waals surface area contributed by atoms with E-state index >= 15 is 0 Å². The maximum Gasteiger partial charge on any atom is 0.237 e. The molecule has 1 aromatic rings. The van der Waals surface area contributed by atoms with E-state index in [2.05, 4.69) is 5.32 Å². The van der Waals surface area contributed by atoms with Crippen LogP contribution in [0.25, 0.3) is 0 Å². The van der Waals surface area contributed by atoms with Crippen LogP contribution in [0.4, 0.5) is 0 Å². The molecule has 1 aromatic heterocycles. The molecule has 1 rings (SSSR count). The first-order chi connectivity index (χ1) is 8.28. The van der Waals surface area contributed by atoms with Gasteiger partial charge in [-0.1, -0.05) is 11.6 Å². The second-order valence-corrected chi connectivity index (χ2v) is 8.01. The van der Waals surface area contributed by atoms with Crippen LogP contribution in [0.3, 0.4) is 0 Å². The van der Waals surface area contributed by atoms with Gasteiger partial charge in [-0.2, -0.15) is 0 Å². The number of hydrogen-bond donors (Lipinski definition) is 2. The summed E-state index contributed by atoms with van der Waals surface area (Å²) in [6.07, 6.45) is 1.24. The lowest BCUT2D eigenvalue weighted by Gasteiger charge is -2.10. The summed E-state index contributed by atoms with van der Waals surface area (Å²) in [4.78, 5) is 12.5. The summed E-state index contributed by atoms with van der Waals surface area (Å²) in [5.74, 6) is -0.449. The highest BCUT2D eigenvalue weighted by molar-refractivity contribution is 7.90. The minimum Gasteiger partial charge on any atom is -0.350 e. The van der Waals surface area contributed by atoms with E-state index in [0.29, 0.717) is 10.9 Å². The molecule has 0 fully saturated rings. The normalized spacial score (nSPS) is 13.3. The Morgan fingerprint density at radius 2 is 2.22 bits per heavy atom. The predicted octanol–water partition coefficient (Wildman–Crippen LogP) is 0.780. The lowest BCUT2D eigenvalue weighted by atomic mass is 10.2. The highest BCUT2D eigenvalue weighted by Gasteiger charge is 2.15. The molecule has 1 unspecified atom stereocenters. The van der Waals surface area contributed by atoms with Crippen LogP contribution < -0.4 is 11.1 Å². The van der Waals surface area contributed by atoms with Crippen LogP contribution in [-0.4, -0.2) is 32.4 Å². The van der Waals surface area contributed by atoms with Gasteiger partial charge in [-0.05, 0) is 18.6 Å². The molecule has 8 heteroatoms. The summed E-state index contributed by atoms with van der Waals surface area (Å²) in [5, 5.41) is 2.64. The predicted molar refractivity (Wildman–Crippen MR) is 73.5 cm³/mol. The van der Waals surface area contributed by atoms with Crippen molar-refractivity contribution in [3.8, 4) is 0 Å². The van der Waals surface area contributed by atoms with Gasteiger partial charge in [0.15, 0.2) is 0 Å². The Labute approximate surface area is 115 Å². The van der Waals surface area contributed by atoms with Gasteiger partial charge in [-0.15, -0.1) is 11.3 Å². The van der Waals surface area contributed by atoms with Crippen LogP contribution in [0.5, 0.6) is 0 Å². The molecule has 0 aliphatic carbocycles. The van der Waals surface area contributed by atoms with Crippen LogP contribution in [0, 0.1) is 0 Å². The summed E-state index contributed by atoms with van der Waals surface area (Å²) >= 11 is 7.13. The van der Waals surface area contributed by atoms with Gasteiger partial charge in [0.05, 0.1) is 22.7 Å². The standard InChI is InChI=1S/C10H15ClN2O3S2/c1-18(15,16)5-4-8(12)10(14)13-6-7-2-3-9(11)17-7/h2-3,8H,4-6,12H2,1H3,(H,13,14). The smallest absolute Gasteiger partial charge is 0.237 e. The summed E-state index contributed by atoms with van der Waals surface area (Å²) in [6.45, 7) is 0.350. The van der Waals surface area contributed by atoms with E-state index in [-0.39, 0.29) is 18.1 Å². The molecule has 1 amide bonds. The van der Waals surface area contributed by atoms with Crippen molar-refractivity contribution >= 4 is 38.7 Å². The Morgan fingerprint density at radius 1 is 1.56 bits per heavy atom. The second-order valence-electron chi connectivity index (χ2n) is 3.95. The van der Waals surface area contributed by atoms with Crippen molar-refractivity contribution in [3.63, 3.8) is 0 Å². The number of nitrogens with one attached hydrogen (secondary N) is 1. The molecule has 18 heavy (non-hydrogen) atoms. The van der Waals surface area contributed by atoms with Gasteiger partial charge in [-0.3, -0.25) is 4.79 Å². The molecule has 0 aliphatic rings. The fraction of sp³-hybridized carbons (Fsp3) is 0.500. The summed E-state index contributed by atoms with van der Waals surface area (Å²) in [6, 6.07) is 2.75. The Hall–Kier alpha value is -0.630. The molecule has 5 nitrogen and oxygen atoms in total. The topological polar surface area (TPSA) is 89.3 Å². The van der Waals surface area contributed by atoms with Crippen molar-refractivity contribution in [2.75, 3.05) is 12.0 Å². The first-order valence-electron chi connectivity index (χ1n) is 5.23. The van der Waals surface area contributed by atoms with E-state index in [0.717, 1.165) is 11.1 Å². The van der Waals surface area contributed by atoms with Crippen molar-refractivity contribution in [3.05, 3.63) is 21.3 Å². The van der Waals surface area contributed by atoms with E-state index in [1.807, 2.05) is 6.07 Å². The fourth-order valence-corrected chi connectivity index (χ4v) is 2.93. The molecule has 3 N–H and O–H groups in total. The number of hydrogen-bond acceptors (Lipinski definition) is 5. The number of amides is 1. The average molecular weight is 311 g/mol. The number of nitrogens with two attached hydrogens (primary N) is 1. The Morgan fingerprint density at radius 3 is 2.72 bits per heavy atom. The molecular weight excluding hydrogens is 296 g/mol. The Kier molecular flexibility index (Phi) is 5.58. The van der Waals surface area contributed by atoms with Gasteiger partial charge in [-0.25, -0.2) is 8.42 Å². The van der Waals surface area contributed by atoms with E-state index in [4.69, 9.17) is 17.3 Å². The zero-order valence-electron chi connectivity index (χ0n) is 9.85. The van der Waals surface area contributed by atoms with Crippen molar-refractivity contribution in [1.29, 1.82) is 0 Å². The minimum absolute atomic E-state index is 0.0909. The van der Waals surface area contributed by atoms with Gasteiger partial charge in [0.2, 0.25) is 5.91 Å². The van der Waals surface area contributed by atoms with E-state index in [1.165, 1.54) is 11.3 Å². The molecule has 0 aliphatic heterocycles. The number of carbonyl (C=O) groups excluding carboxylic acids is 1. The lowest BCUT2D eigenvalue weighted by molar-refractivity contribution is -0.122. The van der Waals surface area contributed by atoms with Gasteiger partial charge < -0.3 is 11.1 Å². The van der Waals surface area contributed by atoms with Crippen molar-refractivity contribution < 1.29 is 13.2 Å². The maximum absolute atomic E-state index is 11.6. The van der Waals surface area contributed by atoms with Gasteiger partial charge in [0, 0.05) is 11.1 Å². The molecular formula is C10H15ClN2O3S2. The molecule has 0 spiro atoms. The van der Waals surface area contributed by atoms with Crippen LogP contribution >= 0.6 is 22.9 Å². The first-order valence-corrected chi connectivity index (χ1v) is 8.48. The molecule has 1 atom stereocenters. The van der Waals surface area contributed by atoms with E-state index in [1.54, 1.807) is 6.07 Å². The van der Waals surface area contributed by atoms with Crippen molar-refractivity contribution in [1.82, 2.24) is 5.32 Å². The zero-order valence-corrected chi connectivity index (χ0v) is 12.2. The Bertz CT molecular complexity index is 513. The molecule has 0 aromatic carbocycles. The average Bonchev–Trinajstić information content (AvgIpc) is 2.67. The maximum atomic E-state index is 11.6. The third-order valence-electron chi connectivity index (χ3n) is 2.20. The van der Waals surface area contributed by atoms with Crippen LogP contribution in [-0.2, 0) is 21.2 Å². The van der Waals surface area contributed by atoms with Crippen molar-refractivity contribution in [2.45, 2.75) is 19.0 Å². The molecule has 0 radical (unpaired) electrons. The number of carbonyl (C=O) groups is 1. The van der Waals surface area contributed by atoms with Crippen LogP contribution in [0.1, 0.15) is 11.3 Å². The lowest BCUT2D eigenvalue weighted by Crippen LogP contribution is -2.41. The number of rotatable bonds is 6. The highest BCUT2D eigenvalue weighted by Crippen LogP contribution is 2.20. The highest BCUT2D eigenvalue weighted by atomic mass is 35.5. The molecule has 102 valence electrons. The number of thiophene rings is 1. The quantitative estimate of drug-likeness (QED) is 0.812. The monoisotopic (exact) mass is 310 g/mol. The molecule has 0 saturated carbocycles. The number of halogens is 1. The van der Waals surface area contributed by atoms with Gasteiger partial charge in [0.1, 0.15) is 9.84 Å². The fourth-order valence-electron chi connectivity index (χ4n) is 1.22. The molecule has 1 heterocycles. The van der Waals surface area contributed by atoms with Crippen LogP contribution in [0.2, 0.25) is 4.34 Å². The summed E-state index contributed by atoms with van der Waals surface area (Å²) in [5.41, 5.74) is 5.59. The van der Waals surface area contributed by atoms with Gasteiger partial charge >= 0.3 is 0 Å². The van der Waals surface area contributed by atoms with Gasteiger partial charge in [0.25, 0.3) is 0 Å². The third-order valence-corrected chi connectivity index (χ3v) is 4.41. The third kappa shape index (κ3) is 5.81. The van der Waals surface area contributed by atoms with Crippen LogP contribution in [0.15, 0.2) is 12.1 Å². The summed E-state index contributed by atoms with van der Waals surface area (Å²) < 4.78 is 22.5. The van der Waals surface area contributed by atoms with Crippen molar-refractivity contribution in [2.24, 2.45) is 5.73 Å². The first kappa shape index (κ1) is 15.4. The zero-order chi connectivity index (χ0) is 13.8. The van der Waals surface area contributed by atoms with E-state index in [9.17, 15) is 13.2 Å². The minimum atomic E-state index is -3.09. The number of sulfone groups is 1. The molecule has 0 saturated heterocycles. The Balaban J connectivity index is 2.36. The largest absolute Gasteiger partial charge is 0.350 e.